The molecule has 0 N–H and O–H groups in total. The fourth-order valence-corrected chi connectivity index (χ4v) is 5.04. The molecule has 42 heavy (non-hydrogen) atoms. The van der Waals surface area contributed by atoms with Crippen LogP contribution in [0.3, 0.4) is 0 Å². The lowest BCUT2D eigenvalue weighted by molar-refractivity contribution is -0.307. The Bertz CT molecular complexity index is 1230. The minimum atomic E-state index is -1.18. The number of hydrogen-bond acceptors (Lipinski definition) is 8. The summed E-state index contributed by atoms with van der Waals surface area (Å²) in [4.78, 5) is 71.0. The Morgan fingerprint density at radius 3 is 1.10 bits per heavy atom. The Hall–Kier alpha value is -4.34. The molecule has 0 spiro atoms. The first kappa shape index (κ1) is 32.2. The predicted molar refractivity (Wildman–Crippen MR) is 149 cm³/mol. The van der Waals surface area contributed by atoms with E-state index in [1.807, 2.05) is 0 Å². The minimum Gasteiger partial charge on any atom is -0.550 e. The zero-order chi connectivity index (χ0) is 30.5. The summed E-state index contributed by atoms with van der Waals surface area (Å²) < 4.78 is 0. The average Bonchev–Trinajstić information content (AvgIpc) is 3.36. The maximum absolute atomic E-state index is 12.2. The number of fused-ring (bicyclic) bond motifs is 2. The first-order chi connectivity index (χ1) is 20.2. The molecule has 0 saturated carbocycles. The van der Waals surface area contributed by atoms with Crippen LogP contribution in [0, 0.1) is 0 Å². The van der Waals surface area contributed by atoms with Crippen LogP contribution in [-0.2, 0) is 9.59 Å². The van der Waals surface area contributed by atoms with Gasteiger partial charge in [-0.3, -0.25) is 29.0 Å². The molecule has 10 nitrogen and oxygen atoms in total. The third kappa shape index (κ3) is 8.83. The Balaban J connectivity index is 0.000000247. The number of hydrogen-bond donors (Lipinski definition) is 0. The topological polar surface area (TPSA) is 155 Å². The smallest absolute Gasteiger partial charge is 0.261 e. The number of rotatable bonds is 16. The van der Waals surface area contributed by atoms with E-state index in [2.05, 4.69) is 0 Å². The summed E-state index contributed by atoms with van der Waals surface area (Å²) in [6, 6.07) is 13.6. The molecule has 2 aromatic carbocycles. The zero-order valence-electron chi connectivity index (χ0n) is 23.7. The van der Waals surface area contributed by atoms with Gasteiger partial charge in [-0.25, -0.2) is 0 Å². The lowest BCUT2D eigenvalue weighted by Crippen LogP contribution is -2.32. The molecule has 0 aliphatic carbocycles. The molecule has 0 atom stereocenters. The molecule has 0 saturated heterocycles. The quantitative estimate of drug-likeness (QED) is 0.218. The van der Waals surface area contributed by atoms with E-state index >= 15 is 0 Å². The number of benzene rings is 2. The molecule has 0 unspecified atom stereocenters. The second-order valence-electron chi connectivity index (χ2n) is 10.4. The number of carbonyl (C=O) groups is 6. The van der Waals surface area contributed by atoms with E-state index in [-0.39, 0.29) is 49.4 Å². The van der Waals surface area contributed by atoms with Crippen molar-refractivity contribution < 1.29 is 39.0 Å². The van der Waals surface area contributed by atoms with Crippen molar-refractivity contribution in [1.29, 1.82) is 0 Å². The monoisotopic (exact) mass is 576 g/mol. The third-order valence-electron chi connectivity index (χ3n) is 7.28. The molecular weight excluding hydrogens is 540 g/mol. The summed E-state index contributed by atoms with van der Waals surface area (Å²) in [7, 11) is 0. The van der Waals surface area contributed by atoms with Crippen molar-refractivity contribution >= 4 is 35.6 Å². The van der Waals surface area contributed by atoms with Crippen LogP contribution in [0.4, 0.5) is 0 Å². The zero-order valence-corrected chi connectivity index (χ0v) is 23.7. The first-order valence-corrected chi connectivity index (χ1v) is 14.5. The number of carboxylic acids is 2. The summed E-state index contributed by atoms with van der Waals surface area (Å²) in [5, 5.41) is 20.5. The normalized spacial score (nSPS) is 13.6. The number of imide groups is 2. The maximum atomic E-state index is 12.2. The van der Waals surface area contributed by atoms with Crippen molar-refractivity contribution in [3.8, 4) is 0 Å². The van der Waals surface area contributed by atoms with Crippen LogP contribution in [0.2, 0.25) is 0 Å². The van der Waals surface area contributed by atoms with Gasteiger partial charge in [0.2, 0.25) is 0 Å². The highest BCUT2D eigenvalue weighted by atomic mass is 16.4. The Labute approximate surface area is 245 Å². The Kier molecular flexibility index (Phi) is 12.4. The van der Waals surface area contributed by atoms with Crippen molar-refractivity contribution in [3.63, 3.8) is 0 Å². The van der Waals surface area contributed by atoms with Gasteiger partial charge in [0.25, 0.3) is 23.6 Å². The van der Waals surface area contributed by atoms with Gasteiger partial charge >= 0.3 is 0 Å². The fraction of sp³-hybridized carbons (Fsp3) is 0.438. The minimum absolute atomic E-state index is 0.111. The first-order valence-electron chi connectivity index (χ1n) is 14.5. The second-order valence-corrected chi connectivity index (χ2v) is 10.4. The van der Waals surface area contributed by atoms with Crippen LogP contribution < -0.4 is 10.2 Å². The molecule has 0 fully saturated rings. The van der Waals surface area contributed by atoms with E-state index in [0.29, 0.717) is 35.2 Å². The van der Waals surface area contributed by atoms with Crippen molar-refractivity contribution in [3.05, 3.63) is 70.8 Å². The van der Waals surface area contributed by atoms with E-state index < -0.39 is 11.9 Å². The van der Waals surface area contributed by atoms with Gasteiger partial charge in [-0.15, -0.1) is 0 Å². The van der Waals surface area contributed by atoms with Crippen LogP contribution in [0.15, 0.2) is 48.5 Å². The maximum Gasteiger partial charge on any atom is 0.261 e. The SMILES string of the molecule is O=C([O-])CCCCCCCCCCCN1C(=O)c2ccccc2C1=O.O=C([O-])CCCN1C(=O)c2ccccc2C1=O. The van der Waals surface area contributed by atoms with E-state index in [4.69, 9.17) is 0 Å². The predicted octanol–water partition coefficient (Wildman–Crippen LogP) is 2.75. The van der Waals surface area contributed by atoms with Crippen LogP contribution in [-0.4, -0.2) is 58.5 Å². The van der Waals surface area contributed by atoms with Crippen molar-refractivity contribution in [2.24, 2.45) is 0 Å². The fourth-order valence-electron chi connectivity index (χ4n) is 5.04. The number of nitrogens with zero attached hydrogens (tertiary/aromatic N) is 2. The molecule has 2 aliphatic heterocycles. The van der Waals surface area contributed by atoms with Crippen LogP contribution in [0.1, 0.15) is 118 Å². The molecule has 0 radical (unpaired) electrons. The molecule has 4 rings (SSSR count). The molecular formula is C32H36N2O8-2. The standard InChI is InChI=1S/C20H27NO4.C12H11NO4/c22-18(23)14-8-6-4-2-1-3-5-7-11-15-21-19(24)16-12-9-10-13-17(16)20(21)25;14-10(15)6-3-7-13-11(16)8-4-1-2-5-9(8)12(13)17/h9-10,12-13H,1-8,11,14-15H2,(H,22,23);1-2,4-5H,3,6-7H2,(H,14,15)/p-2. The molecule has 4 amide bonds. The largest absolute Gasteiger partial charge is 0.550 e. The summed E-state index contributed by atoms with van der Waals surface area (Å²) in [6.07, 6.45) is 9.33. The average molecular weight is 577 g/mol. The van der Waals surface area contributed by atoms with E-state index in [0.717, 1.165) is 56.3 Å². The highest BCUT2D eigenvalue weighted by Crippen LogP contribution is 2.24. The van der Waals surface area contributed by atoms with Crippen molar-refractivity contribution in [2.75, 3.05) is 13.1 Å². The molecule has 10 heteroatoms. The highest BCUT2D eigenvalue weighted by Gasteiger charge is 2.35. The number of unbranched alkanes of at least 4 members (excludes halogenated alkanes) is 8. The number of amides is 4. The van der Waals surface area contributed by atoms with Gasteiger partial charge in [-0.05, 0) is 56.4 Å². The number of carboxylic acid groups (broad SMARTS) is 2. The Morgan fingerprint density at radius 2 is 0.738 bits per heavy atom. The van der Waals surface area contributed by atoms with E-state index in [9.17, 15) is 39.0 Å². The van der Waals surface area contributed by atoms with Crippen molar-refractivity contribution in [1.82, 2.24) is 9.80 Å². The molecule has 2 heterocycles. The van der Waals surface area contributed by atoms with E-state index in [1.54, 1.807) is 48.5 Å². The van der Waals surface area contributed by atoms with Crippen LogP contribution in [0.25, 0.3) is 0 Å². The molecule has 224 valence electrons. The van der Waals surface area contributed by atoms with Crippen LogP contribution >= 0.6 is 0 Å². The summed E-state index contributed by atoms with van der Waals surface area (Å²) >= 11 is 0. The second kappa shape index (κ2) is 16.2. The van der Waals surface area contributed by atoms with Gasteiger partial charge in [0.1, 0.15) is 0 Å². The molecule has 2 aliphatic rings. The number of carbonyl (C=O) groups excluding carboxylic acids is 6. The van der Waals surface area contributed by atoms with Gasteiger partial charge in [-0.2, -0.15) is 0 Å². The summed E-state index contributed by atoms with van der Waals surface area (Å²) in [6.45, 7) is 0.607. The highest BCUT2D eigenvalue weighted by molar-refractivity contribution is 6.22. The molecule has 0 bridgehead atoms. The molecule has 2 aromatic rings. The summed E-state index contributed by atoms with van der Waals surface area (Å²) in [5.41, 5.74) is 1.80. The Morgan fingerprint density at radius 1 is 0.452 bits per heavy atom. The molecule has 0 aromatic heterocycles. The van der Waals surface area contributed by atoms with E-state index in [1.165, 1.54) is 4.90 Å². The lowest BCUT2D eigenvalue weighted by Gasteiger charge is -2.13. The third-order valence-corrected chi connectivity index (χ3v) is 7.28. The summed E-state index contributed by atoms with van der Waals surface area (Å²) in [5.74, 6) is -3.19. The van der Waals surface area contributed by atoms with Gasteiger partial charge in [0, 0.05) is 25.0 Å². The number of aliphatic carboxylic acids is 2. The lowest BCUT2D eigenvalue weighted by atomic mass is 10.1. The van der Waals surface area contributed by atoms with Gasteiger partial charge in [0.15, 0.2) is 0 Å². The van der Waals surface area contributed by atoms with Crippen molar-refractivity contribution in [2.45, 2.75) is 77.0 Å². The van der Waals surface area contributed by atoms with Gasteiger partial charge in [-0.1, -0.05) is 69.2 Å². The van der Waals surface area contributed by atoms with Gasteiger partial charge in [0.05, 0.1) is 22.3 Å². The van der Waals surface area contributed by atoms with Gasteiger partial charge < -0.3 is 19.8 Å². The van der Waals surface area contributed by atoms with Crippen LogP contribution in [0.5, 0.6) is 0 Å².